The summed E-state index contributed by atoms with van der Waals surface area (Å²) in [6, 6.07) is 23.5. The Labute approximate surface area is 201 Å². The molecule has 5 aromatic rings. The van der Waals surface area contributed by atoms with Gasteiger partial charge in [-0.15, -0.1) is 0 Å². The van der Waals surface area contributed by atoms with E-state index < -0.39 is 0 Å². The maximum atomic E-state index is 5.13. The van der Waals surface area contributed by atoms with Crippen LogP contribution < -0.4 is 0 Å². The third-order valence-electron chi connectivity index (χ3n) is 6.33. The molecule has 0 aliphatic rings. The van der Waals surface area contributed by atoms with Crippen LogP contribution in [0.25, 0.3) is 39.4 Å². The number of nitrogens with zero attached hydrogens (tertiary/aromatic N) is 3. The van der Waals surface area contributed by atoms with Gasteiger partial charge in [0.1, 0.15) is 11.5 Å². The first-order valence-electron chi connectivity index (χ1n) is 11.8. The number of aromatic amines is 1. The number of rotatable bonds is 3. The summed E-state index contributed by atoms with van der Waals surface area (Å²) in [5.41, 5.74) is 7.63. The summed E-state index contributed by atoms with van der Waals surface area (Å²) in [6.45, 7) is 13.4. The van der Waals surface area contributed by atoms with Crippen molar-refractivity contribution in [1.82, 2.24) is 19.5 Å². The Kier molecular flexibility index (Phi) is 5.20. The summed E-state index contributed by atoms with van der Waals surface area (Å²) in [6.07, 6.45) is 3.93. The molecule has 4 aromatic heterocycles. The number of pyridine rings is 2. The van der Waals surface area contributed by atoms with Crippen LogP contribution in [0.15, 0.2) is 79.1 Å². The summed E-state index contributed by atoms with van der Waals surface area (Å²) >= 11 is 0. The van der Waals surface area contributed by atoms with E-state index in [9.17, 15) is 0 Å². The molecule has 0 bridgehead atoms. The van der Waals surface area contributed by atoms with Gasteiger partial charge in [-0.3, -0.25) is 9.55 Å². The molecule has 0 saturated carbocycles. The second kappa shape index (κ2) is 7.98. The highest BCUT2D eigenvalue weighted by Gasteiger charge is 2.19. The summed E-state index contributed by atoms with van der Waals surface area (Å²) in [5.74, 6) is 1.03. The fourth-order valence-corrected chi connectivity index (χ4v) is 4.21. The van der Waals surface area contributed by atoms with Gasteiger partial charge in [0.15, 0.2) is 0 Å². The Balaban J connectivity index is 1.65. The zero-order valence-corrected chi connectivity index (χ0v) is 20.8. The average molecular weight is 449 g/mol. The zero-order chi connectivity index (χ0) is 24.1. The highest BCUT2D eigenvalue weighted by molar-refractivity contribution is 5.82. The Morgan fingerprint density at radius 1 is 0.735 bits per heavy atom. The lowest BCUT2D eigenvalue weighted by Crippen LogP contribution is -2.11. The minimum Gasteiger partial charge on any atom is -0.344 e. The van der Waals surface area contributed by atoms with Gasteiger partial charge >= 0.3 is 0 Å². The highest BCUT2D eigenvalue weighted by Crippen LogP contribution is 2.33. The van der Waals surface area contributed by atoms with Gasteiger partial charge in [-0.1, -0.05) is 47.6 Å². The number of benzene rings is 1. The smallest absolute Gasteiger partial charge is 0.146 e. The number of fused-ring (bicyclic) bond motifs is 1. The molecule has 0 atom stereocenters. The van der Waals surface area contributed by atoms with Gasteiger partial charge in [-0.05, 0) is 71.6 Å². The Bertz CT molecular complexity index is 1460. The predicted octanol–water partition coefficient (Wildman–Crippen LogP) is 7.68. The summed E-state index contributed by atoms with van der Waals surface area (Å²) < 4.78 is 2.14. The Morgan fingerprint density at radius 2 is 1.50 bits per heavy atom. The first-order chi connectivity index (χ1) is 16.1. The lowest BCUT2D eigenvalue weighted by atomic mass is 9.84. The van der Waals surface area contributed by atoms with E-state index in [-0.39, 0.29) is 10.8 Å². The fraction of sp³-hybridized carbons (Fsp3) is 0.267. The zero-order valence-electron chi connectivity index (χ0n) is 20.8. The summed E-state index contributed by atoms with van der Waals surface area (Å²) in [4.78, 5) is 13.3. The molecule has 0 saturated heterocycles. The van der Waals surface area contributed by atoms with Gasteiger partial charge in [-0.25, -0.2) is 4.98 Å². The molecule has 0 spiro atoms. The molecular weight excluding hydrogens is 416 g/mol. The lowest BCUT2D eigenvalue weighted by Gasteiger charge is -2.21. The molecule has 0 aliphatic heterocycles. The van der Waals surface area contributed by atoms with Gasteiger partial charge in [0.05, 0.1) is 11.4 Å². The van der Waals surface area contributed by atoms with Crippen LogP contribution in [-0.4, -0.2) is 19.5 Å². The number of H-pyrrole nitrogens is 1. The molecule has 172 valence electrons. The van der Waals surface area contributed by atoms with E-state index in [4.69, 9.17) is 4.98 Å². The van der Waals surface area contributed by atoms with Crippen LogP contribution in [-0.2, 0) is 10.8 Å². The van der Waals surface area contributed by atoms with Crippen molar-refractivity contribution in [1.29, 1.82) is 0 Å². The van der Waals surface area contributed by atoms with E-state index in [1.165, 1.54) is 11.3 Å². The lowest BCUT2D eigenvalue weighted by molar-refractivity contribution is 0.572. The van der Waals surface area contributed by atoms with Crippen molar-refractivity contribution < 1.29 is 0 Å². The molecule has 0 unspecified atom stereocenters. The molecule has 0 amide bonds. The van der Waals surface area contributed by atoms with Crippen LogP contribution in [0.5, 0.6) is 0 Å². The largest absolute Gasteiger partial charge is 0.344 e. The molecular formula is C30H32N4. The molecule has 1 N–H and O–H groups in total. The first-order valence-corrected chi connectivity index (χ1v) is 11.8. The van der Waals surface area contributed by atoms with Crippen LogP contribution in [0.2, 0.25) is 0 Å². The molecule has 0 aliphatic carbocycles. The van der Waals surface area contributed by atoms with Crippen LogP contribution in [0.1, 0.15) is 52.8 Å². The molecule has 1 aromatic carbocycles. The summed E-state index contributed by atoms with van der Waals surface area (Å²) in [7, 11) is 0. The molecule has 34 heavy (non-hydrogen) atoms. The monoisotopic (exact) mass is 448 g/mol. The first kappa shape index (κ1) is 22.1. The van der Waals surface area contributed by atoms with Gasteiger partial charge in [0.2, 0.25) is 0 Å². The van der Waals surface area contributed by atoms with E-state index >= 15 is 0 Å². The molecule has 5 rings (SSSR count). The topological polar surface area (TPSA) is 46.5 Å². The maximum Gasteiger partial charge on any atom is 0.146 e. The number of hydrogen-bond acceptors (Lipinski definition) is 2. The van der Waals surface area contributed by atoms with Crippen molar-refractivity contribution in [2.45, 2.75) is 52.4 Å². The average Bonchev–Trinajstić information content (AvgIpc) is 3.45. The molecule has 4 heterocycles. The number of hydrogen-bond donors (Lipinski definition) is 1. The van der Waals surface area contributed by atoms with Crippen LogP contribution in [0.4, 0.5) is 0 Å². The van der Waals surface area contributed by atoms with Crippen LogP contribution in [0.3, 0.4) is 0 Å². The van der Waals surface area contributed by atoms with Crippen molar-refractivity contribution in [3.05, 3.63) is 90.4 Å². The van der Waals surface area contributed by atoms with E-state index in [0.29, 0.717) is 0 Å². The minimum atomic E-state index is 0.0114. The summed E-state index contributed by atoms with van der Waals surface area (Å²) in [5, 5.41) is 1.12. The van der Waals surface area contributed by atoms with E-state index in [2.05, 4.69) is 117 Å². The second-order valence-electron chi connectivity index (χ2n) is 11.1. The van der Waals surface area contributed by atoms with E-state index in [1.54, 1.807) is 0 Å². The SMILES string of the molecule is CC(C)(C)c1cc(-c2ccccn2)cc(-c2ccc3ccn(-c4ccc(C(C)(C)C)[nH]4)c3n2)c1. The Morgan fingerprint density at radius 3 is 2.15 bits per heavy atom. The maximum absolute atomic E-state index is 5.13. The van der Waals surface area contributed by atoms with Crippen molar-refractivity contribution >= 4 is 11.0 Å². The highest BCUT2D eigenvalue weighted by atomic mass is 15.1. The minimum absolute atomic E-state index is 0.0114. The normalized spacial score (nSPS) is 12.4. The van der Waals surface area contributed by atoms with Crippen molar-refractivity contribution in [2.75, 3.05) is 0 Å². The number of nitrogens with one attached hydrogen (secondary N) is 1. The van der Waals surface area contributed by atoms with E-state index in [0.717, 1.165) is 39.4 Å². The fourth-order valence-electron chi connectivity index (χ4n) is 4.21. The molecule has 4 heteroatoms. The molecule has 0 fully saturated rings. The number of aromatic nitrogens is 4. The van der Waals surface area contributed by atoms with Gasteiger partial charge in [0.25, 0.3) is 0 Å². The third-order valence-corrected chi connectivity index (χ3v) is 6.33. The third kappa shape index (κ3) is 4.16. The molecule has 4 nitrogen and oxygen atoms in total. The van der Waals surface area contributed by atoms with Crippen molar-refractivity contribution in [2.24, 2.45) is 0 Å². The quantitative estimate of drug-likeness (QED) is 0.308. The second-order valence-corrected chi connectivity index (χ2v) is 11.1. The standard InChI is InChI=1S/C30H32N4/c1-29(2,3)23-18-21(24-9-7-8-15-31-24)17-22(19-23)25-11-10-20-14-16-34(28(20)32-25)27-13-12-26(33-27)30(4,5)6/h7-19,33H,1-6H3. The van der Waals surface area contributed by atoms with Gasteiger partial charge in [-0.2, -0.15) is 0 Å². The molecule has 0 radical (unpaired) electrons. The Hall–Kier alpha value is -3.66. The van der Waals surface area contributed by atoms with Gasteiger partial charge < -0.3 is 4.98 Å². The van der Waals surface area contributed by atoms with E-state index in [1.807, 2.05) is 18.3 Å². The van der Waals surface area contributed by atoms with Crippen LogP contribution >= 0.6 is 0 Å². The van der Waals surface area contributed by atoms with Crippen LogP contribution in [0, 0.1) is 0 Å². The predicted molar refractivity (Wildman–Crippen MR) is 141 cm³/mol. The van der Waals surface area contributed by atoms with Crippen molar-refractivity contribution in [3.8, 4) is 28.3 Å². The van der Waals surface area contributed by atoms with Crippen molar-refractivity contribution in [3.63, 3.8) is 0 Å². The van der Waals surface area contributed by atoms with Gasteiger partial charge in [0, 0.05) is 40.0 Å².